The van der Waals surface area contributed by atoms with Crippen LogP contribution in [0.4, 0.5) is 0 Å². The third kappa shape index (κ3) is 4.24. The Kier molecular flexibility index (Phi) is 5.28. The van der Waals surface area contributed by atoms with Gasteiger partial charge in [0.1, 0.15) is 0 Å². The van der Waals surface area contributed by atoms with E-state index >= 15 is 0 Å². The number of rotatable bonds is 5. The summed E-state index contributed by atoms with van der Waals surface area (Å²) < 4.78 is 0. The molecule has 0 unspecified atom stereocenters. The standard InChI is InChI=1S/C16H21NO3S/c1-16(15(19)20)8-10-17(11-9-16)14(18)7-12-21-13-5-3-2-4-6-13/h2-6H,7-12H2,1H3,(H,19,20). The molecular weight excluding hydrogens is 286 g/mol. The van der Waals surface area contributed by atoms with Gasteiger partial charge in [0.15, 0.2) is 0 Å². The van der Waals surface area contributed by atoms with Gasteiger partial charge in [0.05, 0.1) is 5.41 Å². The molecule has 114 valence electrons. The second kappa shape index (κ2) is 6.98. The fraction of sp³-hybridized carbons (Fsp3) is 0.500. The molecule has 1 aromatic rings. The molecule has 1 heterocycles. The molecule has 0 aliphatic carbocycles. The van der Waals surface area contributed by atoms with Crippen molar-refractivity contribution in [2.45, 2.75) is 31.1 Å². The van der Waals surface area contributed by atoms with Crippen LogP contribution in [0.1, 0.15) is 26.2 Å². The van der Waals surface area contributed by atoms with Crippen LogP contribution in [0.15, 0.2) is 35.2 Å². The van der Waals surface area contributed by atoms with E-state index in [-0.39, 0.29) is 5.91 Å². The van der Waals surface area contributed by atoms with E-state index in [1.165, 1.54) is 4.90 Å². The van der Waals surface area contributed by atoms with Gasteiger partial charge in [-0.25, -0.2) is 0 Å². The van der Waals surface area contributed by atoms with Gasteiger partial charge in [0, 0.05) is 30.2 Å². The van der Waals surface area contributed by atoms with Crippen LogP contribution in [0, 0.1) is 5.41 Å². The van der Waals surface area contributed by atoms with Crippen molar-refractivity contribution in [3.63, 3.8) is 0 Å². The number of benzene rings is 1. The van der Waals surface area contributed by atoms with Crippen molar-refractivity contribution < 1.29 is 14.7 Å². The molecule has 1 aromatic carbocycles. The lowest BCUT2D eigenvalue weighted by Gasteiger charge is -2.36. The van der Waals surface area contributed by atoms with Crippen molar-refractivity contribution in [3.8, 4) is 0 Å². The number of nitrogens with zero attached hydrogens (tertiary/aromatic N) is 1. The Morgan fingerprint density at radius 2 is 1.86 bits per heavy atom. The van der Waals surface area contributed by atoms with Crippen molar-refractivity contribution in [2.75, 3.05) is 18.8 Å². The largest absolute Gasteiger partial charge is 0.481 e. The molecule has 1 N–H and O–H groups in total. The number of carboxylic acids is 1. The summed E-state index contributed by atoms with van der Waals surface area (Å²) in [6, 6.07) is 10.0. The highest BCUT2D eigenvalue weighted by Gasteiger charge is 2.37. The molecular formula is C16H21NO3S. The molecule has 4 nitrogen and oxygen atoms in total. The van der Waals surface area contributed by atoms with Gasteiger partial charge in [-0.1, -0.05) is 18.2 Å². The van der Waals surface area contributed by atoms with E-state index in [0.29, 0.717) is 32.4 Å². The molecule has 1 aliphatic heterocycles. The molecule has 0 aromatic heterocycles. The number of piperidine rings is 1. The van der Waals surface area contributed by atoms with Gasteiger partial charge in [-0.15, -0.1) is 11.8 Å². The Morgan fingerprint density at radius 3 is 2.43 bits per heavy atom. The molecule has 1 aliphatic rings. The molecule has 1 amide bonds. The molecule has 2 rings (SSSR count). The summed E-state index contributed by atoms with van der Waals surface area (Å²) in [5, 5.41) is 9.18. The summed E-state index contributed by atoms with van der Waals surface area (Å²) in [6.45, 7) is 2.87. The number of carbonyl (C=O) groups excluding carboxylic acids is 1. The summed E-state index contributed by atoms with van der Waals surface area (Å²) in [4.78, 5) is 26.3. The number of hydrogen-bond acceptors (Lipinski definition) is 3. The van der Waals surface area contributed by atoms with E-state index < -0.39 is 11.4 Å². The SMILES string of the molecule is CC1(C(=O)O)CCN(C(=O)CCSc2ccccc2)CC1. The molecule has 0 atom stereocenters. The number of thioether (sulfide) groups is 1. The molecule has 0 spiro atoms. The highest BCUT2D eigenvalue weighted by Crippen LogP contribution is 2.31. The van der Waals surface area contributed by atoms with Crippen LogP contribution < -0.4 is 0 Å². The molecule has 1 fully saturated rings. The average molecular weight is 307 g/mol. The van der Waals surface area contributed by atoms with E-state index in [9.17, 15) is 14.7 Å². The zero-order valence-corrected chi connectivity index (χ0v) is 13.1. The van der Waals surface area contributed by atoms with Crippen molar-refractivity contribution in [1.82, 2.24) is 4.90 Å². The fourth-order valence-corrected chi connectivity index (χ4v) is 3.26. The van der Waals surface area contributed by atoms with E-state index in [1.807, 2.05) is 30.3 Å². The number of aliphatic carboxylic acids is 1. The minimum Gasteiger partial charge on any atom is -0.481 e. The predicted octanol–water partition coefficient (Wildman–Crippen LogP) is 2.88. The number of amides is 1. The van der Waals surface area contributed by atoms with Crippen LogP contribution in [0.25, 0.3) is 0 Å². The number of hydrogen-bond donors (Lipinski definition) is 1. The third-order valence-corrected chi connectivity index (χ3v) is 5.08. The van der Waals surface area contributed by atoms with Crippen molar-refractivity contribution in [2.24, 2.45) is 5.41 Å². The lowest BCUT2D eigenvalue weighted by Crippen LogP contribution is -2.45. The highest BCUT2D eigenvalue weighted by atomic mass is 32.2. The summed E-state index contributed by atoms with van der Waals surface area (Å²) >= 11 is 1.68. The quantitative estimate of drug-likeness (QED) is 0.850. The van der Waals surface area contributed by atoms with Crippen LogP contribution in [-0.2, 0) is 9.59 Å². The summed E-state index contributed by atoms with van der Waals surface area (Å²) in [5.74, 6) is 0.135. The van der Waals surface area contributed by atoms with Crippen LogP contribution in [0.3, 0.4) is 0 Å². The van der Waals surface area contributed by atoms with Gasteiger partial charge >= 0.3 is 5.97 Å². The minimum absolute atomic E-state index is 0.130. The summed E-state index contributed by atoms with van der Waals surface area (Å²) in [6.07, 6.45) is 1.59. The van der Waals surface area contributed by atoms with E-state index in [4.69, 9.17) is 0 Å². The molecule has 1 saturated heterocycles. The first-order chi connectivity index (χ1) is 10.0. The maximum absolute atomic E-state index is 12.1. The second-order valence-electron chi connectivity index (χ2n) is 5.66. The Hall–Kier alpha value is -1.49. The smallest absolute Gasteiger partial charge is 0.309 e. The van der Waals surface area contributed by atoms with E-state index in [0.717, 1.165) is 5.75 Å². The monoisotopic (exact) mass is 307 g/mol. The van der Waals surface area contributed by atoms with E-state index in [1.54, 1.807) is 23.6 Å². The van der Waals surface area contributed by atoms with Crippen LogP contribution in [-0.4, -0.2) is 40.7 Å². The van der Waals surface area contributed by atoms with Gasteiger partial charge in [0.2, 0.25) is 5.91 Å². The highest BCUT2D eigenvalue weighted by molar-refractivity contribution is 7.99. The van der Waals surface area contributed by atoms with Gasteiger partial charge in [-0.3, -0.25) is 9.59 Å². The molecule has 0 radical (unpaired) electrons. The maximum Gasteiger partial charge on any atom is 0.309 e. The van der Waals surface area contributed by atoms with Crippen molar-refractivity contribution in [3.05, 3.63) is 30.3 Å². The molecule has 21 heavy (non-hydrogen) atoms. The normalized spacial score (nSPS) is 17.5. The Morgan fingerprint density at radius 1 is 1.24 bits per heavy atom. The molecule has 0 saturated carbocycles. The Balaban J connectivity index is 1.74. The lowest BCUT2D eigenvalue weighted by atomic mass is 9.80. The molecule has 5 heteroatoms. The number of likely N-dealkylation sites (tertiary alicyclic amines) is 1. The van der Waals surface area contributed by atoms with Gasteiger partial charge in [-0.05, 0) is 31.9 Å². The maximum atomic E-state index is 12.1. The zero-order chi connectivity index (χ0) is 15.3. The first kappa shape index (κ1) is 15.9. The average Bonchev–Trinajstić information content (AvgIpc) is 2.49. The van der Waals surface area contributed by atoms with Crippen LogP contribution in [0.5, 0.6) is 0 Å². The fourth-order valence-electron chi connectivity index (χ4n) is 2.39. The Bertz CT molecular complexity index is 496. The summed E-state index contributed by atoms with van der Waals surface area (Å²) in [7, 11) is 0. The topological polar surface area (TPSA) is 57.6 Å². The van der Waals surface area contributed by atoms with Gasteiger partial charge in [0.25, 0.3) is 0 Å². The molecule has 0 bridgehead atoms. The van der Waals surface area contributed by atoms with Gasteiger partial charge in [-0.2, -0.15) is 0 Å². The number of carboxylic acid groups (broad SMARTS) is 1. The second-order valence-corrected chi connectivity index (χ2v) is 6.83. The van der Waals surface area contributed by atoms with Crippen LogP contribution >= 0.6 is 11.8 Å². The van der Waals surface area contributed by atoms with Gasteiger partial charge < -0.3 is 10.0 Å². The Labute approximate surface area is 129 Å². The third-order valence-electron chi connectivity index (χ3n) is 4.06. The van der Waals surface area contributed by atoms with Crippen molar-refractivity contribution >= 4 is 23.6 Å². The lowest BCUT2D eigenvalue weighted by molar-refractivity contribution is -0.152. The summed E-state index contributed by atoms with van der Waals surface area (Å²) in [5.41, 5.74) is -0.671. The minimum atomic E-state index is -0.755. The first-order valence-electron chi connectivity index (χ1n) is 7.20. The predicted molar refractivity (Wildman–Crippen MR) is 83.3 cm³/mol. The van der Waals surface area contributed by atoms with Crippen molar-refractivity contribution in [1.29, 1.82) is 0 Å². The first-order valence-corrected chi connectivity index (χ1v) is 8.19. The van der Waals surface area contributed by atoms with E-state index in [2.05, 4.69) is 0 Å². The van der Waals surface area contributed by atoms with Crippen LogP contribution in [0.2, 0.25) is 0 Å². The zero-order valence-electron chi connectivity index (χ0n) is 12.2. The number of carbonyl (C=O) groups is 2.